The highest BCUT2D eigenvalue weighted by molar-refractivity contribution is 5.92. The van der Waals surface area contributed by atoms with Crippen LogP contribution >= 0.6 is 0 Å². The van der Waals surface area contributed by atoms with Crippen molar-refractivity contribution in [1.82, 2.24) is 9.88 Å². The number of hydrogen-bond acceptors (Lipinski definition) is 2. The van der Waals surface area contributed by atoms with Crippen molar-refractivity contribution in [3.8, 4) is 5.75 Å². The van der Waals surface area contributed by atoms with Crippen LogP contribution in [0.3, 0.4) is 0 Å². The van der Waals surface area contributed by atoms with Gasteiger partial charge in [-0.25, -0.2) is 4.79 Å². The monoisotopic (exact) mass is 439 g/mol. The summed E-state index contributed by atoms with van der Waals surface area (Å²) in [6.45, 7) is 6.85. The molecule has 0 bridgehead atoms. The van der Waals surface area contributed by atoms with Crippen molar-refractivity contribution in [2.75, 3.05) is 19.0 Å². The molecule has 0 fully saturated rings. The number of ether oxygens (including phenoxy) is 1. The Morgan fingerprint density at radius 3 is 2.52 bits per heavy atom. The minimum absolute atomic E-state index is 0.0919. The molecular formula is C28H29N3O2. The Balaban J connectivity index is 1.57. The zero-order valence-electron chi connectivity index (χ0n) is 19.5. The molecule has 1 aliphatic rings. The molecule has 1 aliphatic heterocycles. The molecule has 2 heterocycles. The Hall–Kier alpha value is -3.73. The van der Waals surface area contributed by atoms with Crippen molar-refractivity contribution in [3.63, 3.8) is 0 Å². The molecular weight excluding hydrogens is 410 g/mol. The Kier molecular flexibility index (Phi) is 5.33. The van der Waals surface area contributed by atoms with E-state index in [-0.39, 0.29) is 12.1 Å². The van der Waals surface area contributed by atoms with Gasteiger partial charge in [0, 0.05) is 28.8 Å². The summed E-state index contributed by atoms with van der Waals surface area (Å²) < 4.78 is 5.46. The number of aromatic nitrogens is 1. The lowest BCUT2D eigenvalue weighted by atomic mass is 9.92. The first kappa shape index (κ1) is 21.1. The van der Waals surface area contributed by atoms with Crippen molar-refractivity contribution < 1.29 is 9.53 Å². The molecule has 5 rings (SSSR count). The molecule has 33 heavy (non-hydrogen) atoms. The molecule has 3 aromatic carbocycles. The van der Waals surface area contributed by atoms with E-state index >= 15 is 0 Å². The summed E-state index contributed by atoms with van der Waals surface area (Å²) >= 11 is 0. The second-order valence-corrected chi connectivity index (χ2v) is 8.91. The minimum Gasteiger partial charge on any atom is -0.497 e. The van der Waals surface area contributed by atoms with Crippen LogP contribution in [0, 0.1) is 20.8 Å². The first-order valence-corrected chi connectivity index (χ1v) is 11.3. The number of hydrogen-bond donors (Lipinski definition) is 2. The first-order chi connectivity index (χ1) is 15.9. The van der Waals surface area contributed by atoms with Crippen molar-refractivity contribution >= 4 is 22.6 Å². The van der Waals surface area contributed by atoms with Gasteiger partial charge in [-0.2, -0.15) is 0 Å². The molecule has 0 saturated carbocycles. The van der Waals surface area contributed by atoms with Crippen molar-refractivity contribution in [3.05, 3.63) is 94.2 Å². The lowest BCUT2D eigenvalue weighted by molar-refractivity contribution is 0.193. The number of nitrogens with one attached hydrogen (secondary N) is 2. The van der Waals surface area contributed by atoms with Crippen molar-refractivity contribution in [1.29, 1.82) is 0 Å². The first-order valence-electron chi connectivity index (χ1n) is 11.3. The van der Waals surface area contributed by atoms with E-state index in [1.165, 1.54) is 16.7 Å². The average molecular weight is 440 g/mol. The van der Waals surface area contributed by atoms with Crippen LogP contribution in [0.2, 0.25) is 0 Å². The number of fused-ring (bicyclic) bond motifs is 3. The highest BCUT2D eigenvalue weighted by atomic mass is 16.5. The van der Waals surface area contributed by atoms with Crippen LogP contribution < -0.4 is 10.1 Å². The third kappa shape index (κ3) is 3.84. The van der Waals surface area contributed by atoms with Crippen LogP contribution in [0.15, 0.2) is 60.7 Å². The predicted molar refractivity (Wildman–Crippen MR) is 133 cm³/mol. The smallest absolute Gasteiger partial charge is 0.322 e. The number of urea groups is 1. The minimum atomic E-state index is -0.195. The molecule has 0 spiro atoms. The molecule has 5 nitrogen and oxygen atoms in total. The van der Waals surface area contributed by atoms with E-state index in [9.17, 15) is 4.79 Å². The van der Waals surface area contributed by atoms with E-state index in [2.05, 4.69) is 67.5 Å². The second-order valence-electron chi connectivity index (χ2n) is 8.91. The van der Waals surface area contributed by atoms with Crippen LogP contribution in [-0.4, -0.2) is 29.6 Å². The van der Waals surface area contributed by atoms with Gasteiger partial charge in [0.15, 0.2) is 0 Å². The molecule has 0 saturated heterocycles. The second kappa shape index (κ2) is 8.32. The number of anilines is 1. The molecule has 1 aromatic heterocycles. The van der Waals surface area contributed by atoms with Gasteiger partial charge < -0.3 is 19.9 Å². The largest absolute Gasteiger partial charge is 0.497 e. The Morgan fingerprint density at radius 2 is 1.79 bits per heavy atom. The molecule has 2 N–H and O–H groups in total. The Morgan fingerprint density at radius 1 is 1.00 bits per heavy atom. The maximum absolute atomic E-state index is 13.5. The fourth-order valence-corrected chi connectivity index (χ4v) is 4.72. The van der Waals surface area contributed by atoms with E-state index in [0.717, 1.165) is 45.6 Å². The number of carbonyl (C=O) groups is 1. The number of carbonyl (C=O) groups excluding carboxylic acids is 1. The Labute approximate surface area is 194 Å². The third-order valence-electron chi connectivity index (χ3n) is 6.75. The molecule has 1 atom stereocenters. The summed E-state index contributed by atoms with van der Waals surface area (Å²) in [5, 5.41) is 4.29. The highest BCUT2D eigenvalue weighted by Gasteiger charge is 2.34. The number of rotatable bonds is 3. The number of amides is 2. The molecule has 0 radical (unpaired) electrons. The summed E-state index contributed by atoms with van der Waals surface area (Å²) in [6, 6.07) is 20.3. The summed E-state index contributed by atoms with van der Waals surface area (Å²) in [5.41, 5.74) is 8.87. The van der Waals surface area contributed by atoms with Gasteiger partial charge in [-0.1, -0.05) is 35.9 Å². The SMILES string of the molecule is COc1ccc2[nH]c3c(c2c1)CCN(C(=O)Nc1ccc(C)c(C)c1)C3c1ccc(C)cc1. The van der Waals surface area contributed by atoms with Crippen molar-refractivity contribution in [2.24, 2.45) is 0 Å². The fourth-order valence-electron chi connectivity index (χ4n) is 4.72. The maximum atomic E-state index is 13.5. The van der Waals surface area contributed by atoms with Gasteiger partial charge in [-0.05, 0) is 79.8 Å². The summed E-state index contributed by atoms with van der Waals surface area (Å²) in [7, 11) is 1.69. The molecule has 5 heteroatoms. The molecule has 1 unspecified atom stereocenters. The number of aromatic amines is 1. The summed E-state index contributed by atoms with van der Waals surface area (Å²) in [5.74, 6) is 0.839. The quantitative estimate of drug-likeness (QED) is 0.395. The lowest BCUT2D eigenvalue weighted by Gasteiger charge is -2.36. The number of nitrogens with zero attached hydrogens (tertiary/aromatic N) is 1. The topological polar surface area (TPSA) is 57.4 Å². The van der Waals surface area contributed by atoms with Crippen molar-refractivity contribution in [2.45, 2.75) is 33.2 Å². The molecule has 168 valence electrons. The van der Waals surface area contributed by atoms with E-state index in [1.54, 1.807) is 7.11 Å². The number of benzene rings is 3. The van der Waals surface area contributed by atoms with Crippen LogP contribution in [0.4, 0.5) is 10.5 Å². The van der Waals surface area contributed by atoms with E-state index in [4.69, 9.17) is 4.74 Å². The average Bonchev–Trinajstić information content (AvgIpc) is 3.19. The zero-order valence-corrected chi connectivity index (χ0v) is 19.5. The fraction of sp³-hybridized carbons (Fsp3) is 0.250. The van der Waals surface area contributed by atoms with Gasteiger partial charge in [0.2, 0.25) is 0 Å². The van der Waals surface area contributed by atoms with E-state index < -0.39 is 0 Å². The number of aryl methyl sites for hydroxylation is 3. The Bertz CT molecular complexity index is 1340. The lowest BCUT2D eigenvalue weighted by Crippen LogP contribution is -2.43. The van der Waals surface area contributed by atoms with Gasteiger partial charge in [-0.3, -0.25) is 0 Å². The third-order valence-corrected chi connectivity index (χ3v) is 6.75. The van der Waals surface area contributed by atoms with Crippen LogP contribution in [0.25, 0.3) is 10.9 Å². The van der Waals surface area contributed by atoms with Crippen LogP contribution in [-0.2, 0) is 6.42 Å². The highest BCUT2D eigenvalue weighted by Crippen LogP contribution is 2.39. The number of methoxy groups -OCH3 is 1. The number of H-pyrrole nitrogens is 1. The molecule has 0 aliphatic carbocycles. The van der Waals surface area contributed by atoms with Gasteiger partial charge in [0.25, 0.3) is 0 Å². The van der Waals surface area contributed by atoms with E-state index in [0.29, 0.717) is 6.54 Å². The van der Waals surface area contributed by atoms with Gasteiger partial charge >= 0.3 is 6.03 Å². The zero-order chi connectivity index (χ0) is 23.1. The van der Waals surface area contributed by atoms with Gasteiger partial charge in [0.05, 0.1) is 13.2 Å². The van der Waals surface area contributed by atoms with E-state index in [1.807, 2.05) is 29.2 Å². The normalized spacial score (nSPS) is 15.4. The maximum Gasteiger partial charge on any atom is 0.322 e. The van der Waals surface area contributed by atoms with Gasteiger partial charge in [-0.15, -0.1) is 0 Å². The summed E-state index contributed by atoms with van der Waals surface area (Å²) in [4.78, 5) is 19.1. The predicted octanol–water partition coefficient (Wildman–Crippen LogP) is 6.28. The van der Waals surface area contributed by atoms with Gasteiger partial charge in [0.1, 0.15) is 5.75 Å². The van der Waals surface area contributed by atoms with Crippen LogP contribution in [0.5, 0.6) is 5.75 Å². The molecule has 2 amide bonds. The molecule has 4 aromatic rings. The summed E-state index contributed by atoms with van der Waals surface area (Å²) in [6.07, 6.45) is 0.783. The van der Waals surface area contributed by atoms with Crippen LogP contribution in [0.1, 0.15) is 39.6 Å². The standard InChI is InChI=1S/C28H29N3O2/c1-17-5-8-20(9-6-17)27-26-23(24-16-22(33-4)11-12-25(24)30-26)13-14-31(27)28(32)29-21-10-7-18(2)19(3)15-21/h5-12,15-16,27,30H,13-14H2,1-4H3,(H,29,32).